The van der Waals surface area contributed by atoms with E-state index in [1.54, 1.807) is 45.6 Å². The summed E-state index contributed by atoms with van der Waals surface area (Å²) in [5, 5.41) is 3.90. The van der Waals surface area contributed by atoms with Crippen LogP contribution in [0.3, 0.4) is 0 Å². The standard InChI is InChI=1S/C19H24N2O5S/c1-13-6-8-15(9-7-13)27(22,23)21-20-12-14(2)16-10-18(25-4)19(26-5)11-17(16)24-3/h6-12,14,21H,1-5H3. The van der Waals surface area contributed by atoms with Gasteiger partial charge in [0.15, 0.2) is 11.5 Å². The second-order valence-corrected chi connectivity index (χ2v) is 7.58. The van der Waals surface area contributed by atoms with E-state index in [1.165, 1.54) is 18.3 Å². The van der Waals surface area contributed by atoms with Crippen LogP contribution in [-0.4, -0.2) is 36.0 Å². The Labute approximate surface area is 160 Å². The van der Waals surface area contributed by atoms with Crippen molar-refractivity contribution in [2.45, 2.75) is 24.7 Å². The number of nitrogens with zero attached hydrogens (tertiary/aromatic N) is 1. The Balaban J connectivity index is 2.21. The summed E-state index contributed by atoms with van der Waals surface area (Å²) < 4.78 is 40.5. The third kappa shape index (κ3) is 4.91. The molecule has 146 valence electrons. The molecule has 0 radical (unpaired) electrons. The zero-order valence-electron chi connectivity index (χ0n) is 16.0. The SMILES string of the molecule is COc1cc(OC)c(C(C)C=NNS(=O)(=O)c2ccc(C)cc2)cc1OC. The molecular weight excluding hydrogens is 368 g/mol. The maximum Gasteiger partial charge on any atom is 0.276 e. The number of rotatable bonds is 8. The van der Waals surface area contributed by atoms with Gasteiger partial charge in [-0.15, -0.1) is 0 Å². The lowest BCUT2D eigenvalue weighted by atomic mass is 10.0. The molecule has 0 aliphatic carbocycles. The molecule has 1 unspecified atom stereocenters. The van der Waals surface area contributed by atoms with Crippen LogP contribution in [0.2, 0.25) is 0 Å². The number of hydrogen-bond donors (Lipinski definition) is 1. The van der Waals surface area contributed by atoms with Crippen LogP contribution in [0, 0.1) is 6.92 Å². The van der Waals surface area contributed by atoms with Crippen molar-refractivity contribution in [3.05, 3.63) is 47.5 Å². The summed E-state index contributed by atoms with van der Waals surface area (Å²) in [5.41, 5.74) is 1.76. The number of sulfonamides is 1. The Morgan fingerprint density at radius 1 is 0.963 bits per heavy atom. The molecule has 2 aromatic rings. The van der Waals surface area contributed by atoms with Crippen LogP contribution >= 0.6 is 0 Å². The van der Waals surface area contributed by atoms with E-state index < -0.39 is 10.0 Å². The van der Waals surface area contributed by atoms with Crippen LogP contribution in [0.5, 0.6) is 17.2 Å². The van der Waals surface area contributed by atoms with Crippen LogP contribution in [0.25, 0.3) is 0 Å². The molecule has 1 atom stereocenters. The monoisotopic (exact) mass is 392 g/mol. The topological polar surface area (TPSA) is 86.2 Å². The summed E-state index contributed by atoms with van der Waals surface area (Å²) >= 11 is 0. The Morgan fingerprint density at radius 3 is 2.07 bits per heavy atom. The average molecular weight is 392 g/mol. The molecule has 0 aliphatic rings. The number of methoxy groups -OCH3 is 3. The molecule has 0 saturated carbocycles. The number of ether oxygens (including phenoxy) is 3. The van der Waals surface area contributed by atoms with E-state index in [9.17, 15) is 8.42 Å². The van der Waals surface area contributed by atoms with E-state index in [1.807, 2.05) is 13.8 Å². The van der Waals surface area contributed by atoms with Crippen LogP contribution < -0.4 is 19.0 Å². The molecule has 0 amide bonds. The van der Waals surface area contributed by atoms with Gasteiger partial charge in [-0.1, -0.05) is 24.6 Å². The van der Waals surface area contributed by atoms with Crippen molar-refractivity contribution in [2.75, 3.05) is 21.3 Å². The molecule has 8 heteroatoms. The van der Waals surface area contributed by atoms with E-state index in [0.717, 1.165) is 11.1 Å². The van der Waals surface area contributed by atoms with E-state index in [2.05, 4.69) is 9.93 Å². The predicted molar refractivity (Wildman–Crippen MR) is 105 cm³/mol. The molecule has 0 heterocycles. The fourth-order valence-electron chi connectivity index (χ4n) is 2.47. The fraction of sp³-hybridized carbons (Fsp3) is 0.316. The molecule has 0 saturated heterocycles. The molecule has 0 bridgehead atoms. The first kappa shape index (κ1) is 20.6. The van der Waals surface area contributed by atoms with Gasteiger partial charge in [0.1, 0.15) is 5.75 Å². The molecule has 2 rings (SSSR count). The number of nitrogens with one attached hydrogen (secondary N) is 1. The minimum absolute atomic E-state index is 0.154. The third-order valence-electron chi connectivity index (χ3n) is 4.03. The molecule has 2 aromatic carbocycles. The van der Waals surface area contributed by atoms with Crippen LogP contribution in [0.4, 0.5) is 0 Å². The first-order valence-electron chi connectivity index (χ1n) is 8.24. The molecule has 0 aromatic heterocycles. The smallest absolute Gasteiger partial charge is 0.276 e. The van der Waals surface area contributed by atoms with Gasteiger partial charge in [-0.05, 0) is 25.1 Å². The highest BCUT2D eigenvalue weighted by Gasteiger charge is 2.17. The molecule has 0 aliphatic heterocycles. The zero-order valence-corrected chi connectivity index (χ0v) is 16.8. The highest BCUT2D eigenvalue weighted by atomic mass is 32.2. The number of hydrogen-bond acceptors (Lipinski definition) is 6. The Hall–Kier alpha value is -2.74. The highest BCUT2D eigenvalue weighted by molar-refractivity contribution is 7.89. The average Bonchev–Trinajstić information content (AvgIpc) is 2.66. The van der Waals surface area contributed by atoms with Crippen LogP contribution in [0.15, 0.2) is 46.4 Å². The van der Waals surface area contributed by atoms with Crippen molar-refractivity contribution < 1.29 is 22.6 Å². The molecule has 7 nitrogen and oxygen atoms in total. The maximum atomic E-state index is 12.3. The van der Waals surface area contributed by atoms with Crippen molar-refractivity contribution in [1.82, 2.24) is 4.83 Å². The number of aryl methyl sites for hydroxylation is 1. The first-order valence-corrected chi connectivity index (χ1v) is 9.72. The largest absolute Gasteiger partial charge is 0.496 e. The van der Waals surface area contributed by atoms with E-state index in [-0.39, 0.29) is 10.8 Å². The van der Waals surface area contributed by atoms with Crippen molar-refractivity contribution in [2.24, 2.45) is 5.10 Å². The predicted octanol–water partition coefficient (Wildman–Crippen LogP) is 3.09. The van der Waals surface area contributed by atoms with Crippen molar-refractivity contribution in [3.63, 3.8) is 0 Å². The van der Waals surface area contributed by atoms with Gasteiger partial charge < -0.3 is 14.2 Å². The van der Waals surface area contributed by atoms with E-state index in [0.29, 0.717) is 17.2 Å². The van der Waals surface area contributed by atoms with Crippen LogP contribution in [0.1, 0.15) is 24.0 Å². The van der Waals surface area contributed by atoms with E-state index in [4.69, 9.17) is 14.2 Å². The van der Waals surface area contributed by atoms with Crippen molar-refractivity contribution in [1.29, 1.82) is 0 Å². The summed E-state index contributed by atoms with van der Waals surface area (Å²) in [4.78, 5) is 2.38. The third-order valence-corrected chi connectivity index (χ3v) is 5.27. The summed E-state index contributed by atoms with van der Waals surface area (Å²) in [7, 11) is 0.920. The molecule has 27 heavy (non-hydrogen) atoms. The first-order chi connectivity index (χ1) is 12.8. The van der Waals surface area contributed by atoms with Gasteiger partial charge in [0.25, 0.3) is 10.0 Å². The Bertz CT molecular complexity index is 908. The molecule has 0 fully saturated rings. The summed E-state index contributed by atoms with van der Waals surface area (Å²) in [6.45, 7) is 3.76. The molecular formula is C19H24N2O5S. The van der Waals surface area contributed by atoms with Gasteiger partial charge in [-0.2, -0.15) is 13.5 Å². The van der Waals surface area contributed by atoms with Gasteiger partial charge >= 0.3 is 0 Å². The van der Waals surface area contributed by atoms with Crippen molar-refractivity contribution >= 4 is 16.2 Å². The second kappa shape index (κ2) is 8.77. The summed E-state index contributed by atoms with van der Waals surface area (Å²) in [5.74, 6) is 1.45. The van der Waals surface area contributed by atoms with Crippen LogP contribution in [-0.2, 0) is 10.0 Å². The maximum absolute atomic E-state index is 12.3. The quantitative estimate of drug-likeness (QED) is 0.551. The minimum Gasteiger partial charge on any atom is -0.496 e. The number of hydrazone groups is 1. The second-order valence-electron chi connectivity index (χ2n) is 5.92. The molecule has 1 N–H and O–H groups in total. The van der Waals surface area contributed by atoms with Gasteiger partial charge in [0, 0.05) is 23.8 Å². The lowest BCUT2D eigenvalue weighted by Crippen LogP contribution is -2.18. The normalized spacial score (nSPS) is 12.6. The Kier molecular flexibility index (Phi) is 6.68. The fourth-order valence-corrected chi connectivity index (χ4v) is 3.27. The number of benzene rings is 2. The summed E-state index contributed by atoms with van der Waals surface area (Å²) in [6.07, 6.45) is 1.50. The van der Waals surface area contributed by atoms with Gasteiger partial charge in [-0.3, -0.25) is 0 Å². The van der Waals surface area contributed by atoms with Gasteiger partial charge in [0.2, 0.25) is 0 Å². The molecule has 0 spiro atoms. The van der Waals surface area contributed by atoms with Crippen molar-refractivity contribution in [3.8, 4) is 17.2 Å². The summed E-state index contributed by atoms with van der Waals surface area (Å²) in [6, 6.07) is 10.0. The lowest BCUT2D eigenvalue weighted by Gasteiger charge is -2.16. The Morgan fingerprint density at radius 2 is 1.52 bits per heavy atom. The highest BCUT2D eigenvalue weighted by Crippen LogP contribution is 2.37. The lowest BCUT2D eigenvalue weighted by molar-refractivity contribution is 0.347. The van der Waals surface area contributed by atoms with Gasteiger partial charge in [-0.25, -0.2) is 4.83 Å². The van der Waals surface area contributed by atoms with Gasteiger partial charge in [0.05, 0.1) is 26.2 Å². The minimum atomic E-state index is -3.72. The zero-order chi connectivity index (χ0) is 20.0. The van der Waals surface area contributed by atoms with E-state index >= 15 is 0 Å².